The van der Waals surface area contributed by atoms with Crippen molar-refractivity contribution < 1.29 is 9.13 Å². The lowest BCUT2D eigenvalue weighted by Crippen LogP contribution is -2.49. The minimum Gasteiger partial charge on any atom is -0.394 e. The molecule has 10 heteroatoms. The van der Waals surface area contributed by atoms with Crippen molar-refractivity contribution in [1.82, 2.24) is 25.1 Å². The number of halogens is 1. The Hall–Kier alpha value is -4.02. The Morgan fingerprint density at radius 3 is 2.66 bits per heavy atom. The standard InChI is InChI=1S/C28H28FN7O2/c29-21-4-3-17(20-15-32-34-25(20)21)23-19-14-22(36-8-5-16(6-9-36)35-10-12-38-13-11-35)18-2-1-7-31-26(18)27(19)33-28(37)24(23)30/h1-4,7,14-16H,5-6,8-13,30H2,(H,32,34)(H,33,37). The topological polar surface area (TPSA) is 116 Å². The van der Waals surface area contributed by atoms with Crippen molar-refractivity contribution in [3.8, 4) is 11.1 Å². The third-order valence-electron chi connectivity index (χ3n) is 8.09. The Morgan fingerprint density at radius 2 is 1.84 bits per heavy atom. The third kappa shape index (κ3) is 3.63. The second kappa shape index (κ2) is 9.07. The van der Waals surface area contributed by atoms with E-state index in [4.69, 9.17) is 10.5 Å². The Balaban J connectivity index is 1.40. The normalized spacial score (nSPS) is 17.7. The van der Waals surface area contributed by atoms with Gasteiger partial charge in [-0.1, -0.05) is 6.07 Å². The van der Waals surface area contributed by atoms with Gasteiger partial charge in [0.2, 0.25) is 0 Å². The van der Waals surface area contributed by atoms with Crippen LogP contribution in [-0.2, 0) is 4.74 Å². The Morgan fingerprint density at radius 1 is 1.03 bits per heavy atom. The zero-order chi connectivity index (χ0) is 25.8. The summed E-state index contributed by atoms with van der Waals surface area (Å²) in [7, 11) is 0. The van der Waals surface area contributed by atoms with E-state index in [0.29, 0.717) is 33.6 Å². The fourth-order valence-corrected chi connectivity index (χ4v) is 6.17. The number of nitrogens with two attached hydrogens (primary N) is 1. The predicted molar refractivity (Wildman–Crippen MR) is 147 cm³/mol. The maximum Gasteiger partial charge on any atom is 0.272 e. The van der Waals surface area contributed by atoms with Gasteiger partial charge >= 0.3 is 0 Å². The third-order valence-corrected chi connectivity index (χ3v) is 8.09. The first-order valence-corrected chi connectivity index (χ1v) is 13.0. The van der Waals surface area contributed by atoms with Crippen LogP contribution in [0.25, 0.3) is 43.8 Å². The zero-order valence-corrected chi connectivity index (χ0v) is 20.8. The maximum absolute atomic E-state index is 14.5. The molecule has 38 heavy (non-hydrogen) atoms. The molecule has 4 N–H and O–H groups in total. The molecule has 0 unspecified atom stereocenters. The Bertz CT molecular complexity index is 1730. The quantitative estimate of drug-likeness (QED) is 0.316. The number of nitrogens with zero attached hydrogens (tertiary/aromatic N) is 4. The molecule has 5 heterocycles. The molecule has 7 rings (SSSR count). The monoisotopic (exact) mass is 513 g/mol. The molecule has 5 aromatic rings. The van der Waals surface area contributed by atoms with Crippen LogP contribution in [0.5, 0.6) is 0 Å². The lowest BCUT2D eigenvalue weighted by Gasteiger charge is -2.41. The number of piperidine rings is 1. The summed E-state index contributed by atoms with van der Waals surface area (Å²) in [6, 6.07) is 9.66. The predicted octanol–water partition coefficient (Wildman–Crippen LogP) is 3.64. The van der Waals surface area contributed by atoms with Gasteiger partial charge in [-0.2, -0.15) is 5.10 Å². The van der Waals surface area contributed by atoms with E-state index in [1.165, 1.54) is 6.07 Å². The first-order chi connectivity index (χ1) is 18.6. The highest BCUT2D eigenvalue weighted by molar-refractivity contribution is 6.17. The highest BCUT2D eigenvalue weighted by atomic mass is 19.1. The van der Waals surface area contributed by atoms with Gasteiger partial charge in [0.15, 0.2) is 0 Å². The summed E-state index contributed by atoms with van der Waals surface area (Å²) in [5.41, 5.74) is 9.98. The summed E-state index contributed by atoms with van der Waals surface area (Å²) in [5.74, 6) is -0.412. The van der Waals surface area contributed by atoms with E-state index in [-0.39, 0.29) is 11.2 Å². The molecule has 0 aliphatic carbocycles. The SMILES string of the molecule is Nc1c(-c2ccc(F)c3[nH]ncc23)c2cc(N3CCC(N4CCOCC4)CC3)c3cccnc3c2[nH]c1=O. The molecule has 0 bridgehead atoms. The van der Waals surface area contributed by atoms with Crippen LogP contribution in [0.15, 0.2) is 47.5 Å². The highest BCUT2D eigenvalue weighted by Crippen LogP contribution is 2.41. The van der Waals surface area contributed by atoms with E-state index >= 15 is 0 Å². The largest absolute Gasteiger partial charge is 0.394 e. The van der Waals surface area contributed by atoms with Crippen LogP contribution in [0.1, 0.15) is 12.8 Å². The molecule has 0 radical (unpaired) electrons. The molecule has 194 valence electrons. The molecule has 2 saturated heterocycles. The van der Waals surface area contributed by atoms with Gasteiger partial charge in [0, 0.05) is 65.8 Å². The summed E-state index contributed by atoms with van der Waals surface area (Å²) in [4.78, 5) is 25.7. The number of fused-ring (bicyclic) bond motifs is 4. The van der Waals surface area contributed by atoms with Gasteiger partial charge in [-0.3, -0.25) is 19.8 Å². The van der Waals surface area contributed by atoms with E-state index in [9.17, 15) is 9.18 Å². The van der Waals surface area contributed by atoms with Crippen molar-refractivity contribution in [1.29, 1.82) is 0 Å². The average molecular weight is 514 g/mol. The fourth-order valence-electron chi connectivity index (χ4n) is 6.17. The number of rotatable bonds is 3. The van der Waals surface area contributed by atoms with Gasteiger partial charge < -0.3 is 20.4 Å². The lowest BCUT2D eigenvalue weighted by atomic mass is 9.94. The molecule has 2 aliphatic rings. The van der Waals surface area contributed by atoms with Gasteiger partial charge in [0.1, 0.15) is 17.0 Å². The number of nitrogen functional groups attached to an aromatic ring is 1. The molecule has 2 fully saturated rings. The van der Waals surface area contributed by atoms with Crippen LogP contribution >= 0.6 is 0 Å². The molecule has 9 nitrogen and oxygen atoms in total. The van der Waals surface area contributed by atoms with E-state index in [0.717, 1.165) is 68.7 Å². The highest BCUT2D eigenvalue weighted by Gasteiger charge is 2.28. The van der Waals surface area contributed by atoms with Crippen molar-refractivity contribution in [2.45, 2.75) is 18.9 Å². The summed E-state index contributed by atoms with van der Waals surface area (Å²) in [6.07, 6.45) is 5.43. The van der Waals surface area contributed by atoms with Crippen molar-refractivity contribution in [3.05, 3.63) is 58.9 Å². The number of hydrogen-bond acceptors (Lipinski definition) is 7. The van der Waals surface area contributed by atoms with E-state index in [2.05, 4.69) is 36.0 Å². The van der Waals surface area contributed by atoms with Crippen molar-refractivity contribution in [2.75, 3.05) is 50.0 Å². The molecule has 0 amide bonds. The molecular weight excluding hydrogens is 485 g/mol. The minimum absolute atomic E-state index is 0.0823. The number of benzene rings is 2. The number of anilines is 2. The fraction of sp³-hybridized carbons (Fsp3) is 0.321. The van der Waals surface area contributed by atoms with Gasteiger partial charge in [-0.25, -0.2) is 4.39 Å². The number of pyridine rings is 2. The number of nitrogens with one attached hydrogen (secondary N) is 2. The van der Waals surface area contributed by atoms with Crippen LogP contribution < -0.4 is 16.2 Å². The number of H-pyrrole nitrogens is 2. The van der Waals surface area contributed by atoms with Gasteiger partial charge in [-0.05, 0) is 42.7 Å². The molecule has 2 aliphatic heterocycles. The average Bonchev–Trinajstić information content (AvgIpc) is 3.46. The maximum atomic E-state index is 14.5. The summed E-state index contributed by atoms with van der Waals surface area (Å²) >= 11 is 0. The molecule has 0 spiro atoms. The molecule has 3 aromatic heterocycles. The van der Waals surface area contributed by atoms with Gasteiger partial charge in [-0.15, -0.1) is 0 Å². The van der Waals surface area contributed by atoms with Crippen molar-refractivity contribution >= 4 is 44.1 Å². The van der Waals surface area contributed by atoms with E-state index < -0.39 is 11.4 Å². The first kappa shape index (κ1) is 23.1. The Labute approximate surface area is 217 Å². The summed E-state index contributed by atoms with van der Waals surface area (Å²) in [5, 5.41) is 9.08. The molecule has 2 aromatic carbocycles. The number of aromatic nitrogens is 4. The summed E-state index contributed by atoms with van der Waals surface area (Å²) < 4.78 is 20.0. The number of ether oxygens (including phenoxy) is 1. The van der Waals surface area contributed by atoms with Crippen molar-refractivity contribution in [2.24, 2.45) is 0 Å². The second-order valence-corrected chi connectivity index (χ2v) is 10.1. The molecule has 0 saturated carbocycles. The smallest absolute Gasteiger partial charge is 0.272 e. The van der Waals surface area contributed by atoms with Crippen molar-refractivity contribution in [3.63, 3.8) is 0 Å². The first-order valence-electron chi connectivity index (χ1n) is 13.0. The number of aromatic amines is 2. The van der Waals surface area contributed by atoms with Crippen LogP contribution in [0.3, 0.4) is 0 Å². The van der Waals surface area contributed by atoms with Crippen LogP contribution in [0.4, 0.5) is 15.8 Å². The van der Waals surface area contributed by atoms with Gasteiger partial charge in [0.05, 0.1) is 30.4 Å². The van der Waals surface area contributed by atoms with Crippen LogP contribution in [0.2, 0.25) is 0 Å². The van der Waals surface area contributed by atoms with Gasteiger partial charge in [0.25, 0.3) is 5.56 Å². The lowest BCUT2D eigenvalue weighted by molar-refractivity contribution is 0.0115. The summed E-state index contributed by atoms with van der Waals surface area (Å²) in [6.45, 7) is 5.41. The zero-order valence-electron chi connectivity index (χ0n) is 20.8. The van der Waals surface area contributed by atoms with Crippen LogP contribution in [0, 0.1) is 5.82 Å². The van der Waals surface area contributed by atoms with E-state index in [1.54, 1.807) is 18.5 Å². The minimum atomic E-state index is -0.412. The molecule has 0 atom stereocenters. The number of morpholine rings is 1. The molecular formula is C28H28FN7O2. The second-order valence-electron chi connectivity index (χ2n) is 10.1. The van der Waals surface area contributed by atoms with E-state index in [1.807, 2.05) is 12.1 Å². The number of hydrogen-bond donors (Lipinski definition) is 3. The van der Waals surface area contributed by atoms with Crippen LogP contribution in [-0.4, -0.2) is 70.5 Å². The Kier molecular flexibility index (Phi) is 5.52.